The number of nitrogens with one attached hydrogen (secondary N) is 1. The van der Waals surface area contributed by atoms with E-state index in [0.717, 1.165) is 35.2 Å². The minimum atomic E-state index is -3.07. The Morgan fingerprint density at radius 2 is 1.97 bits per heavy atom. The summed E-state index contributed by atoms with van der Waals surface area (Å²) in [4.78, 5) is 17.5. The van der Waals surface area contributed by atoms with Crippen LogP contribution < -0.4 is 5.32 Å². The summed E-state index contributed by atoms with van der Waals surface area (Å²) in [5.41, 5.74) is 3.50. The van der Waals surface area contributed by atoms with Gasteiger partial charge in [0.15, 0.2) is 9.84 Å². The number of sulfone groups is 1. The van der Waals surface area contributed by atoms with Crippen molar-refractivity contribution in [3.8, 4) is 11.3 Å². The van der Waals surface area contributed by atoms with Gasteiger partial charge in [0.2, 0.25) is 0 Å². The minimum absolute atomic E-state index is 0.0450. The largest absolute Gasteiger partial charge is 0.359 e. The fraction of sp³-hybridized carbons (Fsp3) is 0.480. The average Bonchev–Trinajstić information content (AvgIpc) is 3.48. The minimum Gasteiger partial charge on any atom is -0.359 e. The molecule has 3 heterocycles. The van der Waals surface area contributed by atoms with Crippen molar-refractivity contribution in [2.24, 2.45) is 0 Å². The van der Waals surface area contributed by atoms with Crippen molar-refractivity contribution in [3.63, 3.8) is 0 Å². The molecule has 2 fully saturated rings. The Morgan fingerprint density at radius 3 is 2.60 bits per heavy atom. The molecule has 35 heavy (non-hydrogen) atoms. The van der Waals surface area contributed by atoms with E-state index >= 15 is 0 Å². The van der Waals surface area contributed by atoms with Gasteiger partial charge in [-0.2, -0.15) is 5.10 Å². The Kier molecular flexibility index (Phi) is 5.73. The van der Waals surface area contributed by atoms with E-state index in [1.807, 2.05) is 30.7 Å². The molecule has 10 heteroatoms. The van der Waals surface area contributed by atoms with Gasteiger partial charge in [0.05, 0.1) is 33.7 Å². The molecule has 1 saturated carbocycles. The maximum absolute atomic E-state index is 12.9. The van der Waals surface area contributed by atoms with Crippen LogP contribution in [0.3, 0.4) is 0 Å². The zero-order chi connectivity index (χ0) is 25.0. The number of pyridine rings is 1. The standard InChI is InChI=1S/C25H30N4O5S/c1-16(2)29-20-11-18(23(30)27-24(3)13-35(31,32)14-24)12-26-22(20)21(28-29)17-6-5-7-19(10-17)25(8-9-25)34-15-33-4/h5-7,10-12,16H,8-9,13-15H2,1-4H3,(H,27,30). The van der Waals surface area contributed by atoms with Crippen LogP contribution in [0.1, 0.15) is 55.6 Å². The van der Waals surface area contributed by atoms with Crippen LogP contribution in [0.5, 0.6) is 0 Å². The van der Waals surface area contributed by atoms with Crippen LogP contribution in [0.2, 0.25) is 0 Å². The number of carbonyl (C=O) groups is 1. The predicted octanol–water partition coefficient (Wildman–Crippen LogP) is 3.21. The number of fused-ring (bicyclic) bond motifs is 1. The number of amides is 1. The number of rotatable bonds is 8. The molecule has 1 aliphatic heterocycles. The van der Waals surface area contributed by atoms with Gasteiger partial charge >= 0.3 is 0 Å². The highest BCUT2D eigenvalue weighted by Gasteiger charge is 2.46. The number of methoxy groups -OCH3 is 1. The summed E-state index contributed by atoms with van der Waals surface area (Å²) in [6, 6.07) is 9.97. The third kappa shape index (κ3) is 4.46. The lowest BCUT2D eigenvalue weighted by Gasteiger charge is -2.38. The summed E-state index contributed by atoms with van der Waals surface area (Å²) >= 11 is 0. The smallest absolute Gasteiger partial charge is 0.253 e. The van der Waals surface area contributed by atoms with Crippen LogP contribution in [-0.4, -0.2) is 60.0 Å². The van der Waals surface area contributed by atoms with E-state index in [9.17, 15) is 13.2 Å². The van der Waals surface area contributed by atoms with Crippen LogP contribution in [0, 0.1) is 0 Å². The van der Waals surface area contributed by atoms with E-state index < -0.39 is 15.4 Å². The third-order valence-electron chi connectivity index (χ3n) is 6.61. The highest BCUT2D eigenvalue weighted by molar-refractivity contribution is 7.93. The van der Waals surface area contributed by atoms with E-state index in [4.69, 9.17) is 14.6 Å². The zero-order valence-electron chi connectivity index (χ0n) is 20.4. The number of aromatic nitrogens is 3. The van der Waals surface area contributed by atoms with E-state index in [2.05, 4.69) is 22.4 Å². The summed E-state index contributed by atoms with van der Waals surface area (Å²) in [5.74, 6) is -0.453. The van der Waals surface area contributed by atoms with Gasteiger partial charge < -0.3 is 14.8 Å². The van der Waals surface area contributed by atoms with Crippen molar-refractivity contribution < 1.29 is 22.7 Å². The maximum atomic E-state index is 12.9. The highest BCUT2D eigenvalue weighted by Crippen LogP contribution is 2.50. The number of nitrogens with zero attached hydrogens (tertiary/aromatic N) is 3. The maximum Gasteiger partial charge on any atom is 0.253 e. The lowest BCUT2D eigenvalue weighted by Crippen LogP contribution is -2.63. The molecule has 0 bridgehead atoms. The highest BCUT2D eigenvalue weighted by atomic mass is 32.2. The molecule has 186 valence electrons. The van der Waals surface area contributed by atoms with Crippen molar-refractivity contribution in [2.45, 2.75) is 50.8 Å². The van der Waals surface area contributed by atoms with Gasteiger partial charge in [0.25, 0.3) is 5.91 Å². The molecule has 2 aromatic heterocycles. The molecular formula is C25H30N4O5S. The van der Waals surface area contributed by atoms with Gasteiger partial charge in [-0.25, -0.2) is 8.42 Å². The Labute approximate surface area is 204 Å². The van der Waals surface area contributed by atoms with E-state index in [1.165, 1.54) is 6.20 Å². The van der Waals surface area contributed by atoms with Gasteiger partial charge in [-0.1, -0.05) is 18.2 Å². The lowest BCUT2D eigenvalue weighted by molar-refractivity contribution is -0.0874. The van der Waals surface area contributed by atoms with Crippen LogP contribution in [0.15, 0.2) is 36.5 Å². The summed E-state index contributed by atoms with van der Waals surface area (Å²) < 4.78 is 36.1. The number of ether oxygens (including phenoxy) is 2. The first-order valence-electron chi connectivity index (χ1n) is 11.7. The zero-order valence-corrected chi connectivity index (χ0v) is 21.2. The fourth-order valence-electron chi connectivity index (χ4n) is 4.83. The number of benzene rings is 1. The molecule has 5 rings (SSSR count). The second kappa shape index (κ2) is 8.39. The molecule has 1 aromatic carbocycles. The second-order valence-electron chi connectivity index (χ2n) is 10.2. The lowest BCUT2D eigenvalue weighted by atomic mass is 10.0. The fourth-order valence-corrected chi connectivity index (χ4v) is 6.83. The first-order chi connectivity index (χ1) is 16.5. The second-order valence-corrected chi connectivity index (χ2v) is 12.2. The molecule has 1 N–H and O–H groups in total. The number of hydrogen-bond donors (Lipinski definition) is 1. The van der Waals surface area contributed by atoms with Crippen molar-refractivity contribution in [1.82, 2.24) is 20.1 Å². The normalized spacial score (nSPS) is 19.5. The van der Waals surface area contributed by atoms with Crippen molar-refractivity contribution in [1.29, 1.82) is 0 Å². The van der Waals surface area contributed by atoms with E-state index in [1.54, 1.807) is 20.1 Å². The molecule has 1 amide bonds. The van der Waals surface area contributed by atoms with Crippen LogP contribution >= 0.6 is 0 Å². The molecule has 3 aromatic rings. The molecule has 0 atom stereocenters. The molecule has 2 aliphatic rings. The van der Waals surface area contributed by atoms with Crippen LogP contribution in [0.4, 0.5) is 0 Å². The summed E-state index contributed by atoms with van der Waals surface area (Å²) in [5, 5.41) is 7.72. The Morgan fingerprint density at radius 1 is 1.23 bits per heavy atom. The Balaban J connectivity index is 1.49. The first-order valence-corrected chi connectivity index (χ1v) is 13.5. The molecule has 1 aliphatic carbocycles. The Bertz CT molecular complexity index is 1400. The van der Waals surface area contributed by atoms with Crippen LogP contribution in [0.25, 0.3) is 22.3 Å². The summed E-state index contributed by atoms with van der Waals surface area (Å²) in [6.07, 6.45) is 3.41. The molecule has 0 unspecified atom stereocenters. The molecule has 0 spiro atoms. The number of hydrogen-bond acceptors (Lipinski definition) is 7. The van der Waals surface area contributed by atoms with Gasteiger partial charge in [-0.15, -0.1) is 0 Å². The quantitative estimate of drug-likeness (QED) is 0.475. The third-order valence-corrected chi connectivity index (χ3v) is 8.76. The van der Waals surface area contributed by atoms with Crippen LogP contribution in [-0.2, 0) is 24.9 Å². The molecule has 1 saturated heterocycles. The van der Waals surface area contributed by atoms with Crippen molar-refractivity contribution in [3.05, 3.63) is 47.7 Å². The SMILES string of the molecule is COCOC1(c2cccc(-c3nn(C(C)C)c4cc(C(=O)NC5(C)CS(=O)(=O)C5)cnc34)c2)CC1. The molecular weight excluding hydrogens is 468 g/mol. The summed E-state index contributed by atoms with van der Waals surface area (Å²) in [6.45, 7) is 6.03. The Hall–Kier alpha value is -2.82. The average molecular weight is 499 g/mol. The topological polar surface area (TPSA) is 112 Å². The van der Waals surface area contributed by atoms with Crippen molar-refractivity contribution >= 4 is 26.8 Å². The monoisotopic (exact) mass is 498 g/mol. The molecule has 9 nitrogen and oxygen atoms in total. The van der Waals surface area contributed by atoms with Gasteiger partial charge in [0, 0.05) is 24.9 Å². The van der Waals surface area contributed by atoms with Gasteiger partial charge in [-0.05, 0) is 51.3 Å². The number of carbonyl (C=O) groups excluding carboxylic acids is 1. The van der Waals surface area contributed by atoms with Crippen molar-refractivity contribution in [2.75, 3.05) is 25.4 Å². The summed E-state index contributed by atoms with van der Waals surface area (Å²) in [7, 11) is -1.46. The predicted molar refractivity (Wildman–Crippen MR) is 132 cm³/mol. The van der Waals surface area contributed by atoms with E-state index in [-0.39, 0.29) is 35.8 Å². The molecule has 0 radical (unpaired) electrons. The first kappa shape index (κ1) is 23.9. The van der Waals surface area contributed by atoms with E-state index in [0.29, 0.717) is 11.1 Å². The van der Waals surface area contributed by atoms with Gasteiger partial charge in [0.1, 0.15) is 18.0 Å². The van der Waals surface area contributed by atoms with Gasteiger partial charge in [-0.3, -0.25) is 14.5 Å².